The number of nitrogens with two attached hydrogens (primary N) is 1. The van der Waals surface area contributed by atoms with Crippen LogP contribution in [0.4, 0.5) is 0 Å². The Morgan fingerprint density at radius 3 is 2.73 bits per heavy atom. The number of aliphatic carboxylic acids is 1. The predicted molar refractivity (Wildman–Crippen MR) is 57.9 cm³/mol. The fourth-order valence-electron chi connectivity index (χ4n) is 0.838. The number of likely N-dealkylation sites (N-methyl/N-ethyl adjacent to an activating group) is 1. The molecule has 0 aliphatic heterocycles. The first-order valence-electron chi connectivity index (χ1n) is 4.95. The maximum Gasteiger partial charge on any atom is 0.321 e. The summed E-state index contributed by atoms with van der Waals surface area (Å²) in [5, 5.41) is 11.4. The molecule has 0 bridgehead atoms. The third kappa shape index (κ3) is 9.61. The lowest BCUT2D eigenvalue weighted by Gasteiger charge is -2.11. The van der Waals surface area contributed by atoms with Crippen LogP contribution in [0.5, 0.6) is 0 Å². The molecule has 0 saturated carbocycles. The number of rotatable bonds is 9. The van der Waals surface area contributed by atoms with Crippen LogP contribution in [-0.4, -0.2) is 69.0 Å². The molecule has 1 atom stereocenters. The molecule has 6 heteroatoms. The molecular weight excluding hydrogens is 198 g/mol. The SMILES string of the molecule is CN(C)CCOCCNCC(N)C(=O)O. The first-order chi connectivity index (χ1) is 7.04. The average Bonchev–Trinajstić information content (AvgIpc) is 2.15. The standard InChI is InChI=1S/C9H21N3O3/c1-12(2)4-6-15-5-3-11-7-8(10)9(13)14/h8,11H,3-7,10H2,1-2H3,(H,13,14). The summed E-state index contributed by atoms with van der Waals surface area (Å²) < 4.78 is 5.29. The molecule has 0 amide bonds. The molecule has 4 N–H and O–H groups in total. The molecule has 0 radical (unpaired) electrons. The molecule has 0 rings (SSSR count). The minimum Gasteiger partial charge on any atom is -0.480 e. The molecule has 0 aliphatic rings. The number of nitrogens with one attached hydrogen (secondary N) is 1. The van der Waals surface area contributed by atoms with Gasteiger partial charge >= 0.3 is 5.97 Å². The molecule has 0 aromatic carbocycles. The first kappa shape index (κ1) is 14.3. The Morgan fingerprint density at radius 1 is 1.53 bits per heavy atom. The third-order valence-electron chi connectivity index (χ3n) is 1.79. The van der Waals surface area contributed by atoms with Gasteiger partial charge in [-0.25, -0.2) is 0 Å². The van der Waals surface area contributed by atoms with Crippen molar-refractivity contribution < 1.29 is 14.6 Å². The van der Waals surface area contributed by atoms with Gasteiger partial charge in [0, 0.05) is 19.6 Å². The van der Waals surface area contributed by atoms with E-state index in [1.807, 2.05) is 19.0 Å². The first-order valence-corrected chi connectivity index (χ1v) is 4.95. The quantitative estimate of drug-likeness (QED) is 0.412. The summed E-state index contributed by atoms with van der Waals surface area (Å²) >= 11 is 0. The smallest absolute Gasteiger partial charge is 0.321 e. The van der Waals surface area contributed by atoms with E-state index in [4.69, 9.17) is 15.6 Å². The van der Waals surface area contributed by atoms with E-state index in [1.165, 1.54) is 0 Å². The van der Waals surface area contributed by atoms with Gasteiger partial charge in [0.2, 0.25) is 0 Å². The van der Waals surface area contributed by atoms with Crippen molar-refractivity contribution in [2.45, 2.75) is 6.04 Å². The van der Waals surface area contributed by atoms with Crippen LogP contribution in [0, 0.1) is 0 Å². The molecule has 0 aromatic heterocycles. The summed E-state index contributed by atoms with van der Waals surface area (Å²) in [4.78, 5) is 12.4. The van der Waals surface area contributed by atoms with E-state index in [0.29, 0.717) is 19.8 Å². The second-order valence-electron chi connectivity index (χ2n) is 3.56. The van der Waals surface area contributed by atoms with Gasteiger partial charge in [0.25, 0.3) is 0 Å². The van der Waals surface area contributed by atoms with Gasteiger partial charge in [0.1, 0.15) is 6.04 Å². The van der Waals surface area contributed by atoms with Crippen LogP contribution < -0.4 is 11.1 Å². The van der Waals surface area contributed by atoms with Crippen molar-refractivity contribution in [1.82, 2.24) is 10.2 Å². The minimum absolute atomic E-state index is 0.270. The van der Waals surface area contributed by atoms with E-state index in [0.717, 1.165) is 6.54 Å². The fraction of sp³-hybridized carbons (Fsp3) is 0.889. The van der Waals surface area contributed by atoms with Crippen LogP contribution in [0.15, 0.2) is 0 Å². The molecule has 15 heavy (non-hydrogen) atoms. The van der Waals surface area contributed by atoms with Crippen LogP contribution in [0.25, 0.3) is 0 Å². The minimum atomic E-state index is -0.990. The van der Waals surface area contributed by atoms with Crippen molar-refractivity contribution in [1.29, 1.82) is 0 Å². The van der Waals surface area contributed by atoms with E-state index < -0.39 is 12.0 Å². The number of hydrogen-bond donors (Lipinski definition) is 3. The zero-order chi connectivity index (χ0) is 11.7. The maximum atomic E-state index is 10.3. The van der Waals surface area contributed by atoms with Crippen LogP contribution in [0.3, 0.4) is 0 Å². The Hall–Kier alpha value is -0.690. The summed E-state index contributed by atoms with van der Waals surface area (Å²) in [5.74, 6) is -0.990. The van der Waals surface area contributed by atoms with Gasteiger partial charge in [-0.15, -0.1) is 0 Å². The Kier molecular flexibility index (Phi) is 8.21. The summed E-state index contributed by atoms with van der Waals surface area (Å²) in [6.07, 6.45) is 0. The van der Waals surface area contributed by atoms with Crippen molar-refractivity contribution >= 4 is 5.97 Å². The third-order valence-corrected chi connectivity index (χ3v) is 1.79. The summed E-state index contributed by atoms with van der Waals surface area (Å²) in [7, 11) is 3.96. The molecule has 0 fully saturated rings. The highest BCUT2D eigenvalue weighted by molar-refractivity contribution is 5.73. The summed E-state index contributed by atoms with van der Waals surface area (Å²) in [5.41, 5.74) is 5.29. The second-order valence-corrected chi connectivity index (χ2v) is 3.56. The number of carboxylic acids is 1. The van der Waals surface area contributed by atoms with Gasteiger partial charge in [-0.05, 0) is 14.1 Å². The van der Waals surface area contributed by atoms with E-state index in [9.17, 15) is 4.79 Å². The molecule has 0 aromatic rings. The highest BCUT2D eigenvalue weighted by Gasteiger charge is 2.09. The van der Waals surface area contributed by atoms with E-state index in [1.54, 1.807) is 0 Å². The van der Waals surface area contributed by atoms with E-state index >= 15 is 0 Å². The number of carbonyl (C=O) groups is 1. The zero-order valence-electron chi connectivity index (χ0n) is 9.40. The van der Waals surface area contributed by atoms with Gasteiger partial charge in [0.05, 0.1) is 13.2 Å². The highest BCUT2D eigenvalue weighted by atomic mass is 16.5. The van der Waals surface area contributed by atoms with Crippen molar-refractivity contribution in [3.05, 3.63) is 0 Å². The Morgan fingerprint density at radius 2 is 2.20 bits per heavy atom. The lowest BCUT2D eigenvalue weighted by molar-refractivity contribution is -0.138. The number of hydrogen-bond acceptors (Lipinski definition) is 5. The highest BCUT2D eigenvalue weighted by Crippen LogP contribution is 1.79. The molecule has 1 unspecified atom stereocenters. The normalized spacial score (nSPS) is 13.1. The largest absolute Gasteiger partial charge is 0.480 e. The Bertz CT molecular complexity index is 176. The molecule has 90 valence electrons. The van der Waals surface area contributed by atoms with E-state index in [2.05, 4.69) is 5.32 Å². The lowest BCUT2D eigenvalue weighted by atomic mass is 10.3. The predicted octanol–water partition coefficient (Wildman–Crippen LogP) is -1.43. The van der Waals surface area contributed by atoms with Gasteiger partial charge in [-0.3, -0.25) is 4.79 Å². The van der Waals surface area contributed by atoms with Gasteiger partial charge in [-0.2, -0.15) is 0 Å². The Labute approximate surface area is 90.4 Å². The maximum absolute atomic E-state index is 10.3. The molecule has 0 heterocycles. The topological polar surface area (TPSA) is 87.8 Å². The second kappa shape index (κ2) is 8.60. The van der Waals surface area contributed by atoms with Crippen molar-refractivity contribution in [3.8, 4) is 0 Å². The number of carboxylic acid groups (broad SMARTS) is 1. The van der Waals surface area contributed by atoms with Gasteiger partial charge < -0.3 is 25.8 Å². The van der Waals surface area contributed by atoms with Gasteiger partial charge in [-0.1, -0.05) is 0 Å². The monoisotopic (exact) mass is 219 g/mol. The summed E-state index contributed by atoms with van der Waals surface area (Å²) in [6.45, 7) is 3.02. The molecule has 6 nitrogen and oxygen atoms in total. The number of ether oxygens (including phenoxy) is 1. The fourth-order valence-corrected chi connectivity index (χ4v) is 0.838. The van der Waals surface area contributed by atoms with E-state index in [-0.39, 0.29) is 6.54 Å². The average molecular weight is 219 g/mol. The van der Waals surface area contributed by atoms with Crippen LogP contribution in [0.1, 0.15) is 0 Å². The number of nitrogens with zero attached hydrogens (tertiary/aromatic N) is 1. The molecular formula is C9H21N3O3. The zero-order valence-corrected chi connectivity index (χ0v) is 9.40. The lowest BCUT2D eigenvalue weighted by Crippen LogP contribution is -2.41. The van der Waals surface area contributed by atoms with Crippen molar-refractivity contribution in [2.75, 3.05) is 46.9 Å². The molecule has 0 aliphatic carbocycles. The van der Waals surface area contributed by atoms with Gasteiger partial charge in [0.15, 0.2) is 0 Å². The Balaban J connectivity index is 3.15. The molecule has 0 spiro atoms. The van der Waals surface area contributed by atoms with Crippen LogP contribution in [-0.2, 0) is 9.53 Å². The summed E-state index contributed by atoms with van der Waals surface area (Å²) in [6, 6.07) is -0.841. The molecule has 0 saturated heterocycles. The van der Waals surface area contributed by atoms with Crippen molar-refractivity contribution in [3.63, 3.8) is 0 Å². The van der Waals surface area contributed by atoms with Crippen LogP contribution >= 0.6 is 0 Å². The van der Waals surface area contributed by atoms with Crippen molar-refractivity contribution in [2.24, 2.45) is 5.73 Å². The van der Waals surface area contributed by atoms with Crippen LogP contribution in [0.2, 0.25) is 0 Å².